The van der Waals surface area contributed by atoms with Crippen LogP contribution in [0, 0.1) is 0 Å². The van der Waals surface area contributed by atoms with Crippen LogP contribution in [-0.2, 0) is 4.79 Å². The quantitative estimate of drug-likeness (QED) is 0.223. The van der Waals surface area contributed by atoms with Crippen molar-refractivity contribution in [3.8, 4) is 28.6 Å². The Morgan fingerprint density at radius 1 is 1.15 bits per heavy atom. The number of thiazole rings is 1. The average Bonchev–Trinajstić information content (AvgIpc) is 3.34. The number of hydrogen-bond acceptors (Lipinski definition) is 8. The van der Waals surface area contributed by atoms with Crippen LogP contribution in [0.15, 0.2) is 47.3 Å². The molecule has 2 heterocycles. The number of ether oxygens (including phenoxy) is 3. The number of rotatable bonds is 8. The molecular formula is C24H23N3O5S. The van der Waals surface area contributed by atoms with Gasteiger partial charge in [-0.15, -0.1) is 5.10 Å². The van der Waals surface area contributed by atoms with Gasteiger partial charge in [-0.05, 0) is 42.3 Å². The lowest BCUT2D eigenvalue weighted by molar-refractivity contribution is -0.131. The van der Waals surface area contributed by atoms with E-state index in [0.717, 1.165) is 18.4 Å². The first kappa shape index (κ1) is 22.5. The molecule has 8 nitrogen and oxygen atoms in total. The van der Waals surface area contributed by atoms with Crippen LogP contribution in [-0.4, -0.2) is 34.3 Å². The van der Waals surface area contributed by atoms with Crippen LogP contribution in [0.5, 0.6) is 17.2 Å². The molecule has 0 aliphatic carbocycles. The molecule has 0 atom stereocenters. The van der Waals surface area contributed by atoms with Gasteiger partial charge >= 0.3 is 5.97 Å². The number of fused-ring (bicyclic) bond motifs is 1. The van der Waals surface area contributed by atoms with Gasteiger partial charge < -0.3 is 14.2 Å². The van der Waals surface area contributed by atoms with Crippen molar-refractivity contribution in [3.05, 3.63) is 62.9 Å². The molecule has 4 rings (SSSR count). The van der Waals surface area contributed by atoms with E-state index in [4.69, 9.17) is 14.2 Å². The van der Waals surface area contributed by atoms with E-state index in [-0.39, 0.29) is 5.56 Å². The lowest BCUT2D eigenvalue weighted by Gasteiger charge is -2.10. The number of carbonyl (C=O) groups excluding carboxylic acids is 1. The molecule has 0 saturated carbocycles. The molecular weight excluding hydrogens is 442 g/mol. The Labute approximate surface area is 194 Å². The Morgan fingerprint density at radius 3 is 2.70 bits per heavy atom. The summed E-state index contributed by atoms with van der Waals surface area (Å²) >= 11 is 1.23. The standard InChI is InChI=1S/C24H23N3O5S/c1-4-5-12-31-19-11-10-16(13-20(19)30-3)14-21-23(29)27-24(33-21)25-22(26-27)17-8-6-7-9-18(17)32-15(2)28/h6-11,13-14H,4-5,12H2,1-3H3. The van der Waals surface area contributed by atoms with Gasteiger partial charge in [0.15, 0.2) is 17.3 Å². The molecule has 2 aromatic heterocycles. The first-order valence-electron chi connectivity index (χ1n) is 10.5. The van der Waals surface area contributed by atoms with Crippen LogP contribution in [0.4, 0.5) is 0 Å². The number of benzene rings is 2. The van der Waals surface area contributed by atoms with Gasteiger partial charge in [-0.2, -0.15) is 9.50 Å². The minimum absolute atomic E-state index is 0.277. The van der Waals surface area contributed by atoms with Crippen LogP contribution in [0.1, 0.15) is 32.3 Å². The summed E-state index contributed by atoms with van der Waals surface area (Å²) in [5, 5.41) is 4.35. The maximum atomic E-state index is 12.9. The maximum Gasteiger partial charge on any atom is 0.308 e. The number of aromatic nitrogens is 3. The van der Waals surface area contributed by atoms with Crippen molar-refractivity contribution >= 4 is 28.3 Å². The fraction of sp³-hybridized carbons (Fsp3) is 0.250. The fourth-order valence-corrected chi connectivity index (χ4v) is 4.12. The summed E-state index contributed by atoms with van der Waals surface area (Å²) < 4.78 is 18.2. The summed E-state index contributed by atoms with van der Waals surface area (Å²) in [6.45, 7) is 4.05. The van der Waals surface area contributed by atoms with Crippen LogP contribution in [0.2, 0.25) is 0 Å². The van der Waals surface area contributed by atoms with E-state index in [1.165, 1.54) is 22.8 Å². The molecule has 0 aliphatic heterocycles. The SMILES string of the molecule is CCCCOc1ccc(C=c2sc3nc(-c4ccccc4OC(C)=O)nn3c2=O)cc1OC. The van der Waals surface area contributed by atoms with Crippen LogP contribution in [0.25, 0.3) is 22.4 Å². The average molecular weight is 466 g/mol. The van der Waals surface area contributed by atoms with Gasteiger partial charge in [0.2, 0.25) is 4.96 Å². The van der Waals surface area contributed by atoms with Crippen molar-refractivity contribution < 1.29 is 19.0 Å². The molecule has 33 heavy (non-hydrogen) atoms. The molecule has 0 N–H and O–H groups in total. The van der Waals surface area contributed by atoms with E-state index < -0.39 is 5.97 Å². The van der Waals surface area contributed by atoms with Crippen LogP contribution >= 0.6 is 11.3 Å². The molecule has 4 aromatic rings. The second kappa shape index (κ2) is 9.83. The van der Waals surface area contributed by atoms with Crippen molar-refractivity contribution in [2.75, 3.05) is 13.7 Å². The molecule has 0 amide bonds. The summed E-state index contributed by atoms with van der Waals surface area (Å²) in [5.74, 6) is 1.50. The van der Waals surface area contributed by atoms with Gasteiger partial charge in [0.25, 0.3) is 5.56 Å². The molecule has 0 fully saturated rings. The number of nitrogens with zero attached hydrogens (tertiary/aromatic N) is 3. The van der Waals surface area contributed by atoms with E-state index in [0.29, 0.717) is 44.7 Å². The highest BCUT2D eigenvalue weighted by Gasteiger charge is 2.16. The Kier molecular flexibility index (Phi) is 6.69. The molecule has 0 aliphatic rings. The molecule has 9 heteroatoms. The molecule has 170 valence electrons. The molecule has 0 spiro atoms. The normalized spacial score (nSPS) is 11.7. The number of para-hydroxylation sites is 1. The highest BCUT2D eigenvalue weighted by Crippen LogP contribution is 2.29. The van der Waals surface area contributed by atoms with Gasteiger partial charge in [0.05, 0.1) is 23.8 Å². The number of carbonyl (C=O) groups is 1. The van der Waals surface area contributed by atoms with E-state index in [1.54, 1.807) is 37.5 Å². The first-order valence-corrected chi connectivity index (χ1v) is 11.3. The summed E-state index contributed by atoms with van der Waals surface area (Å²) in [6.07, 6.45) is 3.78. The third-order valence-electron chi connectivity index (χ3n) is 4.80. The highest BCUT2D eigenvalue weighted by atomic mass is 32.1. The third kappa shape index (κ3) is 4.88. The van der Waals surface area contributed by atoms with Crippen molar-refractivity contribution in [2.24, 2.45) is 0 Å². The molecule has 0 bridgehead atoms. The summed E-state index contributed by atoms with van der Waals surface area (Å²) in [5.41, 5.74) is 1.06. The van der Waals surface area contributed by atoms with Crippen LogP contribution < -0.4 is 24.3 Å². The molecule has 0 unspecified atom stereocenters. The van der Waals surface area contributed by atoms with Crippen molar-refractivity contribution in [1.82, 2.24) is 14.6 Å². The zero-order valence-corrected chi connectivity index (χ0v) is 19.3. The molecule has 0 saturated heterocycles. The van der Waals surface area contributed by atoms with Crippen molar-refractivity contribution in [2.45, 2.75) is 26.7 Å². The Morgan fingerprint density at radius 2 is 1.97 bits per heavy atom. The maximum absolute atomic E-state index is 12.9. The highest BCUT2D eigenvalue weighted by molar-refractivity contribution is 7.15. The van der Waals surface area contributed by atoms with Crippen molar-refractivity contribution in [1.29, 1.82) is 0 Å². The monoisotopic (exact) mass is 465 g/mol. The number of methoxy groups -OCH3 is 1. The number of unbranched alkanes of at least 4 members (excludes halogenated alkanes) is 1. The van der Waals surface area contributed by atoms with E-state index in [9.17, 15) is 9.59 Å². The first-order chi connectivity index (χ1) is 16.0. The smallest absolute Gasteiger partial charge is 0.308 e. The van der Waals surface area contributed by atoms with Gasteiger partial charge in [-0.25, -0.2) is 0 Å². The summed E-state index contributed by atoms with van der Waals surface area (Å²) in [4.78, 5) is 29.2. The second-order valence-corrected chi connectivity index (χ2v) is 8.26. The Hall–Kier alpha value is -3.72. The van der Waals surface area contributed by atoms with E-state index >= 15 is 0 Å². The van der Waals surface area contributed by atoms with Crippen molar-refractivity contribution in [3.63, 3.8) is 0 Å². The summed E-state index contributed by atoms with van der Waals surface area (Å²) in [7, 11) is 1.59. The lowest BCUT2D eigenvalue weighted by Crippen LogP contribution is -2.23. The largest absolute Gasteiger partial charge is 0.493 e. The summed E-state index contributed by atoms with van der Waals surface area (Å²) in [6, 6.07) is 12.5. The Balaban J connectivity index is 1.67. The van der Waals surface area contributed by atoms with Gasteiger partial charge in [0.1, 0.15) is 5.75 Å². The minimum Gasteiger partial charge on any atom is -0.493 e. The minimum atomic E-state index is -0.443. The van der Waals surface area contributed by atoms with E-state index in [2.05, 4.69) is 17.0 Å². The van der Waals surface area contributed by atoms with Gasteiger partial charge in [0, 0.05) is 6.92 Å². The topological polar surface area (TPSA) is 92.0 Å². The number of esters is 1. The fourth-order valence-electron chi connectivity index (χ4n) is 3.21. The zero-order valence-electron chi connectivity index (χ0n) is 18.5. The lowest BCUT2D eigenvalue weighted by atomic mass is 10.2. The van der Waals surface area contributed by atoms with Crippen LogP contribution in [0.3, 0.4) is 0 Å². The second-order valence-electron chi connectivity index (χ2n) is 7.25. The Bertz CT molecular complexity index is 1410. The third-order valence-corrected chi connectivity index (χ3v) is 5.76. The zero-order chi connectivity index (χ0) is 23.4. The van der Waals surface area contributed by atoms with Gasteiger partial charge in [-0.3, -0.25) is 9.59 Å². The predicted molar refractivity (Wildman–Crippen MR) is 126 cm³/mol. The van der Waals surface area contributed by atoms with Gasteiger partial charge in [-0.1, -0.05) is 42.9 Å². The molecule has 0 radical (unpaired) electrons. The number of hydrogen-bond donors (Lipinski definition) is 0. The molecule has 2 aromatic carbocycles. The van der Waals surface area contributed by atoms with E-state index in [1.807, 2.05) is 18.2 Å². The predicted octanol–water partition coefficient (Wildman–Crippen LogP) is 3.48.